The second-order valence-corrected chi connectivity index (χ2v) is 13.9. The van der Waals surface area contributed by atoms with Gasteiger partial charge < -0.3 is 25.7 Å². The van der Waals surface area contributed by atoms with E-state index in [4.69, 9.17) is 15.7 Å². The third-order valence-electron chi connectivity index (χ3n) is 11.4. The van der Waals surface area contributed by atoms with Crippen LogP contribution in [0.3, 0.4) is 0 Å². The Kier molecular flexibility index (Phi) is 7.64. The van der Waals surface area contributed by atoms with Crippen LogP contribution in [-0.2, 0) is 4.79 Å². The molecular weight excluding hydrogens is 582 g/mol. The Hall–Kier alpha value is -4.03. The number of anilines is 3. The minimum Gasteiger partial charge on any atom is -0.507 e. The average molecular weight is 626 g/mol. The molecule has 1 saturated carbocycles. The van der Waals surface area contributed by atoms with Crippen molar-refractivity contribution in [1.82, 2.24) is 30.0 Å². The van der Waals surface area contributed by atoms with Crippen molar-refractivity contribution in [3.05, 3.63) is 48.3 Å². The number of hydrogen-bond acceptors (Lipinski definition) is 11. The van der Waals surface area contributed by atoms with E-state index in [1.165, 1.54) is 18.4 Å². The van der Waals surface area contributed by atoms with Crippen LogP contribution in [0, 0.1) is 0 Å². The maximum absolute atomic E-state index is 11.3. The number of phenolic OH excluding ortho intramolecular Hbond substituents is 1. The first kappa shape index (κ1) is 29.4. The molecule has 4 saturated heterocycles. The molecule has 4 aliphatic heterocycles. The summed E-state index contributed by atoms with van der Waals surface area (Å²) in [6.07, 6.45) is 13.2. The zero-order valence-corrected chi connectivity index (χ0v) is 26.2. The van der Waals surface area contributed by atoms with Crippen molar-refractivity contribution < 1.29 is 15.0 Å². The summed E-state index contributed by atoms with van der Waals surface area (Å²) in [5.41, 5.74) is 9.67. The summed E-state index contributed by atoms with van der Waals surface area (Å²) in [7, 11) is 0. The highest BCUT2D eigenvalue weighted by atomic mass is 16.4. The van der Waals surface area contributed by atoms with Crippen molar-refractivity contribution in [2.75, 3.05) is 48.3 Å². The lowest BCUT2D eigenvalue weighted by molar-refractivity contribution is -0.140. The lowest BCUT2D eigenvalue weighted by Gasteiger charge is -2.45. The van der Waals surface area contributed by atoms with Gasteiger partial charge in [0, 0.05) is 74.3 Å². The summed E-state index contributed by atoms with van der Waals surface area (Å²) in [6.45, 7) is 3.80. The molecule has 0 spiro atoms. The van der Waals surface area contributed by atoms with Gasteiger partial charge in [-0.15, -0.1) is 10.2 Å². The number of carbonyl (C=O) groups is 1. The Bertz CT molecular complexity index is 1550. The number of aliphatic carboxylic acids is 1. The van der Waals surface area contributed by atoms with Gasteiger partial charge in [0.2, 0.25) is 5.95 Å². The number of carboxylic acids is 1. The molecule has 4 unspecified atom stereocenters. The van der Waals surface area contributed by atoms with Crippen molar-refractivity contribution in [2.24, 2.45) is 0 Å². The number of nitrogens with zero attached hydrogens (tertiary/aromatic N) is 8. The third kappa shape index (κ3) is 5.41. The van der Waals surface area contributed by atoms with Crippen LogP contribution in [0.25, 0.3) is 11.3 Å². The molecule has 4 N–H and O–H groups in total. The second kappa shape index (κ2) is 12.0. The zero-order chi connectivity index (χ0) is 31.4. The monoisotopic (exact) mass is 625 g/mol. The Labute approximate surface area is 269 Å². The topological polar surface area (TPSA) is 148 Å². The van der Waals surface area contributed by atoms with Crippen molar-refractivity contribution >= 4 is 23.4 Å². The first-order chi connectivity index (χ1) is 22.4. The number of nitrogens with two attached hydrogens (primary N) is 1. The summed E-state index contributed by atoms with van der Waals surface area (Å²) in [5.74, 6) is 1.17. The highest BCUT2D eigenvalue weighted by Crippen LogP contribution is 2.40. The fraction of sp³-hybridized carbons (Fsp3) is 0.559. The zero-order valence-electron chi connectivity index (χ0n) is 26.2. The number of phenols is 1. The van der Waals surface area contributed by atoms with Gasteiger partial charge >= 0.3 is 5.97 Å². The molecule has 12 nitrogen and oxygen atoms in total. The van der Waals surface area contributed by atoms with Gasteiger partial charge in [0.25, 0.3) is 0 Å². The molecule has 0 radical (unpaired) electrons. The fourth-order valence-electron chi connectivity index (χ4n) is 9.08. The molecule has 1 aliphatic carbocycles. The number of likely N-dealkylation sites (tertiary alicyclic amines) is 1. The molecule has 3 aromatic rings. The highest BCUT2D eigenvalue weighted by molar-refractivity contribution is 5.74. The summed E-state index contributed by atoms with van der Waals surface area (Å²) in [4.78, 5) is 30.8. The van der Waals surface area contributed by atoms with Gasteiger partial charge in [-0.05, 0) is 81.0 Å². The largest absolute Gasteiger partial charge is 0.507 e. The number of aromatic hydroxyl groups is 1. The molecule has 4 atom stereocenters. The number of nitrogen functional groups attached to an aromatic ring is 1. The van der Waals surface area contributed by atoms with E-state index in [0.717, 1.165) is 76.3 Å². The van der Waals surface area contributed by atoms with E-state index in [-0.39, 0.29) is 24.4 Å². The molecule has 6 heterocycles. The first-order valence-corrected chi connectivity index (χ1v) is 16.9. The molecule has 12 heteroatoms. The number of para-hydroxylation sites is 1. The predicted molar refractivity (Wildman–Crippen MR) is 175 cm³/mol. The van der Waals surface area contributed by atoms with Crippen LogP contribution in [0.15, 0.2) is 42.7 Å². The minimum atomic E-state index is -0.707. The van der Waals surface area contributed by atoms with Crippen LogP contribution in [0.4, 0.5) is 17.5 Å². The van der Waals surface area contributed by atoms with E-state index in [1.807, 2.05) is 18.2 Å². The van der Waals surface area contributed by atoms with Gasteiger partial charge in [-0.2, -0.15) is 0 Å². The van der Waals surface area contributed by atoms with Gasteiger partial charge in [0.05, 0.1) is 17.9 Å². The summed E-state index contributed by atoms with van der Waals surface area (Å²) >= 11 is 0. The lowest BCUT2D eigenvalue weighted by Crippen LogP contribution is -2.57. The normalized spacial score (nSPS) is 29.7. The number of hydrogen-bond donors (Lipinski definition) is 3. The molecular formula is C34H43N9O3. The number of piperazine rings is 2. The van der Waals surface area contributed by atoms with Crippen LogP contribution in [0.5, 0.6) is 5.75 Å². The highest BCUT2D eigenvalue weighted by Gasteiger charge is 2.44. The third-order valence-corrected chi connectivity index (χ3v) is 11.4. The first-order valence-electron chi connectivity index (χ1n) is 16.9. The second-order valence-electron chi connectivity index (χ2n) is 13.9. The van der Waals surface area contributed by atoms with Gasteiger partial charge in [-0.1, -0.05) is 12.1 Å². The number of rotatable bonds is 7. The molecule has 5 fully saturated rings. The average Bonchev–Trinajstić information content (AvgIpc) is 3.45. The van der Waals surface area contributed by atoms with Crippen LogP contribution in [0.2, 0.25) is 0 Å². The van der Waals surface area contributed by atoms with Crippen LogP contribution < -0.4 is 15.5 Å². The molecule has 4 bridgehead atoms. The van der Waals surface area contributed by atoms with Crippen molar-refractivity contribution in [1.29, 1.82) is 0 Å². The maximum Gasteiger partial charge on any atom is 0.317 e. The smallest absolute Gasteiger partial charge is 0.317 e. The van der Waals surface area contributed by atoms with E-state index in [1.54, 1.807) is 12.1 Å². The van der Waals surface area contributed by atoms with E-state index < -0.39 is 5.97 Å². The van der Waals surface area contributed by atoms with Crippen LogP contribution in [-0.4, -0.2) is 109 Å². The standard InChI is InChI=1S/C34H43N9O3/c35-33-30(13-29(38-39-33)28-3-1-2-4-31(28)44)41-18-26-11-12-27(19-41)43(26)34-36-14-22(15-37-34)21-5-7-23(8-6-21)40-16-24-9-10-25(17-40)42(24)20-32(45)46/h1-4,13-15,21,23-27,44H,5-12,16-20H2,(H2,35,39)(H,45,46). The summed E-state index contributed by atoms with van der Waals surface area (Å²) in [6, 6.07) is 11.1. The molecule has 5 aliphatic rings. The molecule has 46 heavy (non-hydrogen) atoms. The molecule has 242 valence electrons. The fourth-order valence-corrected chi connectivity index (χ4v) is 9.08. The Morgan fingerprint density at radius 3 is 2.11 bits per heavy atom. The summed E-state index contributed by atoms with van der Waals surface area (Å²) < 4.78 is 0. The minimum absolute atomic E-state index is 0.172. The summed E-state index contributed by atoms with van der Waals surface area (Å²) in [5, 5.41) is 28.2. The Balaban J connectivity index is 0.891. The number of aromatic nitrogens is 4. The maximum atomic E-state index is 11.3. The van der Waals surface area contributed by atoms with Gasteiger partial charge in [-0.3, -0.25) is 14.6 Å². The van der Waals surface area contributed by atoms with Crippen molar-refractivity contribution in [3.63, 3.8) is 0 Å². The van der Waals surface area contributed by atoms with Crippen LogP contribution >= 0.6 is 0 Å². The van der Waals surface area contributed by atoms with E-state index in [0.29, 0.717) is 41.1 Å². The van der Waals surface area contributed by atoms with Crippen LogP contribution in [0.1, 0.15) is 62.8 Å². The number of benzene rings is 1. The number of fused-ring (bicyclic) bond motifs is 4. The van der Waals surface area contributed by atoms with Gasteiger partial charge in [0.1, 0.15) is 5.75 Å². The van der Waals surface area contributed by atoms with E-state index in [2.05, 4.69) is 42.2 Å². The Morgan fingerprint density at radius 2 is 1.46 bits per heavy atom. The van der Waals surface area contributed by atoms with E-state index >= 15 is 0 Å². The molecule has 8 rings (SSSR count). The molecule has 0 amide bonds. The molecule has 1 aromatic carbocycles. The Morgan fingerprint density at radius 1 is 0.826 bits per heavy atom. The van der Waals surface area contributed by atoms with E-state index in [9.17, 15) is 15.0 Å². The molecule has 2 aromatic heterocycles. The van der Waals surface area contributed by atoms with Gasteiger partial charge in [0.15, 0.2) is 5.82 Å². The SMILES string of the molecule is Nc1nnc(-c2ccccc2O)cc1N1CC2CCC(C1)N2c1ncc(C2CCC(N3CC4CCC(C3)N4CC(=O)O)CC2)cn1. The number of carboxylic acid groups (broad SMARTS) is 1. The van der Waals surface area contributed by atoms with Crippen molar-refractivity contribution in [2.45, 2.75) is 87.5 Å². The predicted octanol–water partition coefficient (Wildman–Crippen LogP) is 3.34. The quantitative estimate of drug-likeness (QED) is 0.354. The van der Waals surface area contributed by atoms with Crippen molar-refractivity contribution in [3.8, 4) is 17.0 Å². The lowest BCUT2D eigenvalue weighted by atomic mass is 9.82. The van der Waals surface area contributed by atoms with Gasteiger partial charge in [-0.25, -0.2) is 9.97 Å².